The monoisotopic (exact) mass is 585 g/mol. The highest BCUT2D eigenvalue weighted by Crippen LogP contribution is 2.40. The Kier molecular flexibility index (Phi) is 7.69. The number of hydrogen-bond acceptors (Lipinski definition) is 9. The van der Waals surface area contributed by atoms with E-state index in [0.29, 0.717) is 21.6 Å². The minimum Gasteiger partial charge on any atom is -0.465 e. The molecule has 1 unspecified atom stereocenters. The first-order valence-corrected chi connectivity index (χ1v) is 13.6. The topological polar surface area (TPSA) is 160 Å². The second kappa shape index (κ2) is 10.6. The number of carbonyl (C=O) groups is 6. The van der Waals surface area contributed by atoms with Gasteiger partial charge in [0.05, 0.1) is 18.7 Å². The number of benzene rings is 1. The van der Waals surface area contributed by atoms with Crippen LogP contribution in [0.15, 0.2) is 24.3 Å². The van der Waals surface area contributed by atoms with Gasteiger partial charge in [-0.15, -0.1) is 11.3 Å². The number of fused-ring (bicyclic) bond motifs is 2. The van der Waals surface area contributed by atoms with Crippen LogP contribution >= 0.6 is 11.3 Å². The number of ether oxygens (including phenoxy) is 2. The third-order valence-electron chi connectivity index (χ3n) is 6.21. The number of amides is 4. The number of hydrogen-bond donors (Lipinski definition) is 2. The minimum absolute atomic E-state index is 0.00951. The lowest BCUT2D eigenvalue weighted by molar-refractivity contribution is -0.161. The molecule has 4 amide bonds. The van der Waals surface area contributed by atoms with E-state index < -0.39 is 53.0 Å². The Morgan fingerprint density at radius 2 is 1.61 bits per heavy atom. The number of carbonyl (C=O) groups excluding carboxylic acids is 5. The molecule has 41 heavy (non-hydrogen) atoms. The van der Waals surface area contributed by atoms with Gasteiger partial charge in [-0.1, -0.05) is 18.2 Å². The van der Waals surface area contributed by atoms with Crippen LogP contribution in [0.1, 0.15) is 78.3 Å². The first kappa shape index (κ1) is 29.7. The molecule has 2 aliphatic rings. The first-order chi connectivity index (χ1) is 19.0. The summed E-state index contributed by atoms with van der Waals surface area (Å²) in [5.74, 6) is -4.41. The largest absolute Gasteiger partial charge is 0.465 e. The molecule has 218 valence electrons. The van der Waals surface area contributed by atoms with Crippen LogP contribution in [0, 0.1) is 0 Å². The average Bonchev–Trinajstić information content (AvgIpc) is 3.37. The molecule has 4 rings (SSSR count). The van der Waals surface area contributed by atoms with Gasteiger partial charge in [0.15, 0.2) is 0 Å². The number of nitrogens with one attached hydrogen (secondary N) is 1. The van der Waals surface area contributed by atoms with Crippen molar-refractivity contribution >= 4 is 52.1 Å². The van der Waals surface area contributed by atoms with Crippen LogP contribution in [0.3, 0.4) is 0 Å². The van der Waals surface area contributed by atoms with E-state index in [4.69, 9.17) is 9.47 Å². The number of anilines is 1. The number of esters is 2. The number of carboxylic acid groups (broad SMARTS) is 1. The van der Waals surface area contributed by atoms with Crippen molar-refractivity contribution in [3.05, 3.63) is 51.4 Å². The molecule has 0 saturated carbocycles. The van der Waals surface area contributed by atoms with E-state index in [-0.39, 0.29) is 30.1 Å². The van der Waals surface area contributed by atoms with Crippen molar-refractivity contribution in [1.29, 1.82) is 0 Å². The molecule has 2 aromatic rings. The minimum atomic E-state index is -1.40. The van der Waals surface area contributed by atoms with Gasteiger partial charge in [-0.05, 0) is 58.7 Å². The molecular weight excluding hydrogens is 554 g/mol. The average molecular weight is 586 g/mol. The van der Waals surface area contributed by atoms with E-state index in [1.54, 1.807) is 65.8 Å². The van der Waals surface area contributed by atoms with Crippen LogP contribution in [0.4, 0.5) is 9.80 Å². The summed E-state index contributed by atoms with van der Waals surface area (Å²) < 4.78 is 10.7. The Labute approximate surface area is 240 Å². The van der Waals surface area contributed by atoms with Gasteiger partial charge in [-0.2, -0.15) is 0 Å². The molecule has 0 saturated heterocycles. The maximum absolute atomic E-state index is 13.7. The molecular formula is C28H31N3O9S. The van der Waals surface area contributed by atoms with Crippen LogP contribution < -0.4 is 5.32 Å². The zero-order chi connectivity index (χ0) is 30.4. The van der Waals surface area contributed by atoms with Gasteiger partial charge in [0.1, 0.15) is 22.2 Å². The number of rotatable bonds is 3. The van der Waals surface area contributed by atoms with E-state index in [9.17, 15) is 33.9 Å². The second-order valence-corrected chi connectivity index (χ2v) is 12.8. The zero-order valence-electron chi connectivity index (χ0n) is 23.5. The molecule has 1 aromatic carbocycles. The summed E-state index contributed by atoms with van der Waals surface area (Å²) in [6, 6.07) is 5.39. The van der Waals surface area contributed by atoms with Gasteiger partial charge >= 0.3 is 23.9 Å². The lowest BCUT2D eigenvalue weighted by atomic mass is 9.95. The number of imide groups is 1. The normalized spacial score (nSPS) is 16.5. The molecule has 0 fully saturated rings. The first-order valence-electron chi connectivity index (χ1n) is 12.8. The summed E-state index contributed by atoms with van der Waals surface area (Å²) >= 11 is 0.900. The van der Waals surface area contributed by atoms with Crippen molar-refractivity contribution in [2.24, 2.45) is 0 Å². The van der Waals surface area contributed by atoms with Gasteiger partial charge in [-0.25, -0.2) is 14.4 Å². The quantitative estimate of drug-likeness (QED) is 0.312. The van der Waals surface area contributed by atoms with Crippen molar-refractivity contribution in [1.82, 2.24) is 9.80 Å². The van der Waals surface area contributed by atoms with E-state index in [1.165, 1.54) is 0 Å². The van der Waals surface area contributed by atoms with E-state index in [1.807, 2.05) is 0 Å². The molecule has 2 N–H and O–H groups in total. The van der Waals surface area contributed by atoms with Crippen molar-refractivity contribution in [2.45, 2.75) is 78.3 Å². The smallest absolute Gasteiger partial charge is 0.408 e. The Hall–Kier alpha value is -4.26. The Morgan fingerprint density at radius 3 is 2.20 bits per heavy atom. The Morgan fingerprint density at radius 1 is 0.976 bits per heavy atom. The molecule has 13 heteroatoms. The predicted octanol–water partition coefficient (Wildman–Crippen LogP) is 3.57. The molecule has 0 radical (unpaired) electrons. The van der Waals surface area contributed by atoms with Crippen molar-refractivity contribution in [2.75, 3.05) is 5.32 Å². The summed E-state index contributed by atoms with van der Waals surface area (Å²) in [5.41, 5.74) is -0.667. The molecule has 3 heterocycles. The van der Waals surface area contributed by atoms with Gasteiger partial charge in [-0.3, -0.25) is 24.2 Å². The van der Waals surface area contributed by atoms with Crippen molar-refractivity contribution in [3.63, 3.8) is 0 Å². The lowest BCUT2D eigenvalue weighted by Gasteiger charge is -2.34. The molecule has 0 spiro atoms. The zero-order valence-corrected chi connectivity index (χ0v) is 24.3. The van der Waals surface area contributed by atoms with Crippen LogP contribution in [0.25, 0.3) is 0 Å². The summed E-state index contributed by atoms with van der Waals surface area (Å²) in [7, 11) is 0. The molecule has 2 aliphatic heterocycles. The molecule has 1 atom stereocenters. The predicted molar refractivity (Wildman–Crippen MR) is 146 cm³/mol. The fourth-order valence-electron chi connectivity index (χ4n) is 4.57. The van der Waals surface area contributed by atoms with E-state index in [0.717, 1.165) is 21.1 Å². The molecule has 1 aromatic heterocycles. The maximum atomic E-state index is 13.7. The van der Waals surface area contributed by atoms with Gasteiger partial charge in [0, 0.05) is 16.9 Å². The highest BCUT2D eigenvalue weighted by atomic mass is 32.1. The third kappa shape index (κ3) is 6.24. The Balaban J connectivity index is 1.72. The van der Waals surface area contributed by atoms with Gasteiger partial charge in [0.25, 0.3) is 11.8 Å². The lowest BCUT2D eigenvalue weighted by Crippen LogP contribution is -2.53. The second-order valence-electron chi connectivity index (χ2n) is 11.7. The number of thiophene rings is 1. The van der Waals surface area contributed by atoms with Gasteiger partial charge in [0.2, 0.25) is 0 Å². The SMILES string of the molecule is CC(C)(C)OC(=O)C(=O)Nc1sc2c(c1C(=O)OC(C)(C)C)CC(C(=O)N1Cc3ccccc3C1=O)N(C(=O)O)C2. The Bertz CT molecular complexity index is 1460. The highest BCUT2D eigenvalue weighted by molar-refractivity contribution is 7.17. The fraction of sp³-hybridized carbons (Fsp3) is 0.429. The number of nitrogens with zero attached hydrogens (tertiary/aromatic N) is 2. The van der Waals surface area contributed by atoms with Crippen LogP contribution in [0.5, 0.6) is 0 Å². The third-order valence-corrected chi connectivity index (χ3v) is 7.34. The van der Waals surface area contributed by atoms with Gasteiger partial charge < -0.3 is 19.9 Å². The highest BCUT2D eigenvalue weighted by Gasteiger charge is 2.44. The summed E-state index contributed by atoms with van der Waals surface area (Å²) in [6.07, 6.45) is -1.65. The molecule has 0 aliphatic carbocycles. The molecule has 0 bridgehead atoms. The maximum Gasteiger partial charge on any atom is 0.408 e. The van der Waals surface area contributed by atoms with E-state index in [2.05, 4.69) is 5.32 Å². The fourth-order valence-corrected chi connectivity index (χ4v) is 5.78. The van der Waals surface area contributed by atoms with E-state index >= 15 is 0 Å². The van der Waals surface area contributed by atoms with Crippen LogP contribution in [-0.4, -0.2) is 67.9 Å². The van der Waals surface area contributed by atoms with Crippen LogP contribution in [-0.2, 0) is 43.4 Å². The van der Waals surface area contributed by atoms with Crippen LogP contribution in [0.2, 0.25) is 0 Å². The van der Waals surface area contributed by atoms with Crippen molar-refractivity contribution < 1.29 is 43.3 Å². The molecule has 12 nitrogen and oxygen atoms in total. The summed E-state index contributed by atoms with van der Waals surface area (Å²) in [5, 5.41) is 12.4. The summed E-state index contributed by atoms with van der Waals surface area (Å²) in [4.78, 5) is 79.6. The standard InChI is InChI=1S/C28H31N3O9S/c1-27(2,3)39-24(35)19-16-11-17(23(34)31-12-14-9-7-8-10-15(14)22(31)33)30(26(37)38)13-18(16)41-21(19)29-20(32)25(36)40-28(4,5)6/h7-10,17H,11-13H2,1-6H3,(H,29,32)(H,37,38). The summed E-state index contributed by atoms with van der Waals surface area (Å²) in [6.45, 7) is 9.43. The van der Waals surface area contributed by atoms with Crippen molar-refractivity contribution in [3.8, 4) is 0 Å².